The van der Waals surface area contributed by atoms with Gasteiger partial charge in [-0.05, 0) is 43.9 Å². The number of methoxy groups -OCH3 is 1. The van der Waals surface area contributed by atoms with Crippen LogP contribution < -0.4 is 20.1 Å². The predicted octanol–water partition coefficient (Wildman–Crippen LogP) is 3.51. The van der Waals surface area contributed by atoms with Crippen molar-refractivity contribution >= 4 is 11.7 Å². The molecule has 1 aromatic carbocycles. The third kappa shape index (κ3) is 5.97. The van der Waals surface area contributed by atoms with Crippen molar-refractivity contribution in [1.82, 2.24) is 15.3 Å². The van der Waals surface area contributed by atoms with E-state index in [9.17, 15) is 23.1 Å². The van der Waals surface area contributed by atoms with Crippen LogP contribution in [0.3, 0.4) is 0 Å². The van der Waals surface area contributed by atoms with Gasteiger partial charge in [0.05, 0.1) is 25.0 Å². The summed E-state index contributed by atoms with van der Waals surface area (Å²) in [6.45, 7) is -0.668. The van der Waals surface area contributed by atoms with Gasteiger partial charge in [0.25, 0.3) is 0 Å². The van der Waals surface area contributed by atoms with E-state index in [0.717, 1.165) is 12.1 Å². The van der Waals surface area contributed by atoms with Crippen LogP contribution in [0.15, 0.2) is 30.6 Å². The number of hydrogen-bond acceptors (Lipinski definition) is 6. The molecule has 2 aromatic rings. The summed E-state index contributed by atoms with van der Waals surface area (Å²) in [7, 11) is 1.25. The predicted molar refractivity (Wildman–Crippen MR) is 105 cm³/mol. The maximum Gasteiger partial charge on any atom is 0.416 e. The van der Waals surface area contributed by atoms with E-state index in [0.29, 0.717) is 31.7 Å². The van der Waals surface area contributed by atoms with Gasteiger partial charge in [-0.15, -0.1) is 0 Å². The highest BCUT2D eigenvalue weighted by Crippen LogP contribution is 2.38. The van der Waals surface area contributed by atoms with E-state index < -0.39 is 24.4 Å². The molecule has 0 spiro atoms. The SMILES string of the molecule is COc1c(CO)cc(C(F)(F)F)cc1NC(=O)NC1CCC(Oc2ncccn2)CC1. The second-order valence-electron chi connectivity index (χ2n) is 7.09. The molecule has 2 amide bonds. The van der Waals surface area contributed by atoms with E-state index in [2.05, 4.69) is 20.6 Å². The Morgan fingerprint density at radius 1 is 1.19 bits per heavy atom. The molecule has 0 atom stereocenters. The number of rotatable bonds is 6. The van der Waals surface area contributed by atoms with Crippen molar-refractivity contribution in [2.45, 2.75) is 50.6 Å². The Hall–Kier alpha value is -3.08. The summed E-state index contributed by atoms with van der Waals surface area (Å²) in [5, 5.41) is 14.6. The summed E-state index contributed by atoms with van der Waals surface area (Å²) in [4.78, 5) is 20.4. The Labute approximate surface area is 176 Å². The molecule has 1 fully saturated rings. The molecule has 11 heteroatoms. The number of benzene rings is 1. The van der Waals surface area contributed by atoms with Crippen LogP contribution in [0.1, 0.15) is 36.8 Å². The number of halogens is 3. The number of carbonyl (C=O) groups excluding carboxylic acids is 1. The minimum Gasteiger partial charge on any atom is -0.494 e. The fourth-order valence-electron chi connectivity index (χ4n) is 3.47. The maximum atomic E-state index is 13.2. The lowest BCUT2D eigenvalue weighted by Gasteiger charge is -2.29. The quantitative estimate of drug-likeness (QED) is 0.635. The molecule has 0 aliphatic heterocycles. The van der Waals surface area contributed by atoms with Crippen LogP contribution in [-0.2, 0) is 12.8 Å². The zero-order valence-electron chi connectivity index (χ0n) is 16.8. The minimum atomic E-state index is -4.63. The van der Waals surface area contributed by atoms with Crippen LogP contribution in [0.4, 0.5) is 23.7 Å². The molecule has 31 heavy (non-hydrogen) atoms. The Bertz CT molecular complexity index is 888. The smallest absolute Gasteiger partial charge is 0.416 e. The highest BCUT2D eigenvalue weighted by atomic mass is 19.4. The molecule has 0 unspecified atom stereocenters. The number of urea groups is 1. The third-order valence-electron chi connectivity index (χ3n) is 4.94. The van der Waals surface area contributed by atoms with Crippen LogP contribution in [0.25, 0.3) is 0 Å². The van der Waals surface area contributed by atoms with Crippen molar-refractivity contribution in [3.05, 3.63) is 41.7 Å². The number of nitrogens with one attached hydrogen (secondary N) is 2. The Morgan fingerprint density at radius 3 is 2.45 bits per heavy atom. The first kappa shape index (κ1) is 22.6. The molecule has 8 nitrogen and oxygen atoms in total. The lowest BCUT2D eigenvalue weighted by atomic mass is 9.93. The average molecular weight is 440 g/mol. The molecular weight excluding hydrogens is 417 g/mol. The fraction of sp³-hybridized carbons (Fsp3) is 0.450. The second-order valence-corrected chi connectivity index (χ2v) is 7.09. The summed E-state index contributed by atoms with van der Waals surface area (Å²) in [6, 6.07) is 2.74. The van der Waals surface area contributed by atoms with Gasteiger partial charge in [-0.1, -0.05) is 0 Å². The standard InChI is InChI=1S/C20H23F3N4O4/c1-30-17-12(11-28)9-13(20(21,22)23)10-16(17)27-18(29)26-14-3-5-15(6-4-14)31-19-24-7-2-8-25-19/h2,7-10,14-15,28H,3-6,11H2,1H3,(H2,26,27,29). The Kier molecular flexibility index (Phi) is 7.16. The number of alkyl halides is 3. The first-order chi connectivity index (χ1) is 14.8. The van der Waals surface area contributed by atoms with Crippen molar-refractivity contribution in [3.8, 4) is 11.8 Å². The number of aromatic nitrogens is 2. The van der Waals surface area contributed by atoms with Gasteiger partial charge in [0.1, 0.15) is 11.9 Å². The lowest BCUT2D eigenvalue weighted by molar-refractivity contribution is -0.137. The highest BCUT2D eigenvalue weighted by Gasteiger charge is 2.33. The zero-order chi connectivity index (χ0) is 22.4. The number of hydrogen-bond donors (Lipinski definition) is 3. The Balaban J connectivity index is 1.59. The van der Waals surface area contributed by atoms with Gasteiger partial charge in [-0.3, -0.25) is 0 Å². The highest BCUT2D eigenvalue weighted by molar-refractivity contribution is 5.91. The summed E-state index contributed by atoms with van der Waals surface area (Å²) < 4.78 is 50.3. The molecule has 1 saturated carbocycles. The summed E-state index contributed by atoms with van der Waals surface area (Å²) in [6.07, 6.45) is 1.08. The van der Waals surface area contributed by atoms with E-state index in [1.165, 1.54) is 7.11 Å². The fourth-order valence-corrected chi connectivity index (χ4v) is 3.47. The van der Waals surface area contributed by atoms with Crippen molar-refractivity contribution in [3.63, 3.8) is 0 Å². The number of anilines is 1. The largest absolute Gasteiger partial charge is 0.494 e. The lowest BCUT2D eigenvalue weighted by Crippen LogP contribution is -2.41. The van der Waals surface area contributed by atoms with Crippen LogP contribution in [0, 0.1) is 0 Å². The third-order valence-corrected chi connectivity index (χ3v) is 4.94. The maximum absolute atomic E-state index is 13.2. The number of aliphatic hydroxyl groups is 1. The van der Waals surface area contributed by atoms with Crippen LogP contribution in [0.5, 0.6) is 11.8 Å². The van der Waals surface area contributed by atoms with Crippen molar-refractivity contribution < 1.29 is 32.5 Å². The molecule has 3 N–H and O–H groups in total. The van der Waals surface area contributed by atoms with E-state index in [4.69, 9.17) is 9.47 Å². The summed E-state index contributed by atoms with van der Waals surface area (Å²) in [5.74, 6) is -0.0226. The monoisotopic (exact) mass is 440 g/mol. The van der Waals surface area contributed by atoms with Gasteiger partial charge in [0.2, 0.25) is 0 Å². The number of amides is 2. The van der Waals surface area contributed by atoms with E-state index in [1.54, 1.807) is 18.5 Å². The first-order valence-electron chi connectivity index (χ1n) is 9.70. The van der Waals surface area contributed by atoms with Crippen LogP contribution in [0.2, 0.25) is 0 Å². The van der Waals surface area contributed by atoms with E-state index in [-0.39, 0.29) is 29.1 Å². The average Bonchev–Trinajstić information content (AvgIpc) is 2.74. The van der Waals surface area contributed by atoms with Crippen LogP contribution >= 0.6 is 0 Å². The first-order valence-corrected chi connectivity index (χ1v) is 9.70. The molecule has 168 valence electrons. The number of carbonyl (C=O) groups is 1. The zero-order valence-corrected chi connectivity index (χ0v) is 16.8. The van der Waals surface area contributed by atoms with Crippen LogP contribution in [-0.4, -0.2) is 40.4 Å². The molecule has 0 bridgehead atoms. The molecule has 0 saturated heterocycles. The van der Waals surface area contributed by atoms with Gasteiger partial charge in [-0.25, -0.2) is 14.8 Å². The molecule has 0 radical (unpaired) electrons. The molecule has 1 heterocycles. The van der Waals surface area contributed by atoms with Crippen molar-refractivity contribution in [2.75, 3.05) is 12.4 Å². The normalized spacial score (nSPS) is 18.9. The van der Waals surface area contributed by atoms with E-state index in [1.807, 2.05) is 0 Å². The van der Waals surface area contributed by atoms with Gasteiger partial charge >= 0.3 is 18.2 Å². The summed E-state index contributed by atoms with van der Waals surface area (Å²) in [5.41, 5.74) is -1.24. The van der Waals surface area contributed by atoms with Crippen molar-refractivity contribution in [1.29, 1.82) is 0 Å². The van der Waals surface area contributed by atoms with E-state index >= 15 is 0 Å². The minimum absolute atomic E-state index is 0.0226. The van der Waals surface area contributed by atoms with Gasteiger partial charge in [0.15, 0.2) is 0 Å². The molecule has 3 rings (SSSR count). The topological polar surface area (TPSA) is 106 Å². The van der Waals surface area contributed by atoms with Gasteiger partial charge in [0, 0.05) is 24.0 Å². The Morgan fingerprint density at radius 2 is 1.87 bits per heavy atom. The molecular formula is C20H23F3N4O4. The molecule has 1 aliphatic carbocycles. The number of nitrogens with zero attached hydrogens (tertiary/aromatic N) is 2. The molecule has 1 aromatic heterocycles. The van der Waals surface area contributed by atoms with Gasteiger partial charge in [-0.2, -0.15) is 13.2 Å². The number of ether oxygens (including phenoxy) is 2. The number of aliphatic hydroxyl groups excluding tert-OH is 1. The van der Waals surface area contributed by atoms with Crippen molar-refractivity contribution in [2.24, 2.45) is 0 Å². The molecule has 1 aliphatic rings. The van der Waals surface area contributed by atoms with Gasteiger partial charge < -0.3 is 25.2 Å². The second kappa shape index (κ2) is 9.82. The summed E-state index contributed by atoms with van der Waals surface area (Å²) >= 11 is 0.